The van der Waals surface area contributed by atoms with E-state index in [2.05, 4.69) is 0 Å². The molecule has 0 radical (unpaired) electrons. The zero-order chi connectivity index (χ0) is 16.5. The minimum atomic E-state index is -0.708. The van der Waals surface area contributed by atoms with E-state index in [0.717, 1.165) is 5.56 Å². The maximum atomic E-state index is 10.6. The molecule has 0 atom stereocenters. The van der Waals surface area contributed by atoms with Crippen molar-refractivity contribution in [2.75, 3.05) is 26.9 Å². The molecule has 118 valence electrons. The number of aryl methyl sites for hydroxylation is 1. The van der Waals surface area contributed by atoms with Crippen LogP contribution in [0.5, 0.6) is 5.75 Å². The monoisotopic (exact) mass is 298 g/mol. The van der Waals surface area contributed by atoms with Crippen molar-refractivity contribution in [3.63, 3.8) is 0 Å². The summed E-state index contributed by atoms with van der Waals surface area (Å²) >= 11 is 0. The van der Waals surface area contributed by atoms with Crippen LogP contribution in [-0.2, 0) is 0 Å². The van der Waals surface area contributed by atoms with Gasteiger partial charge in [-0.2, -0.15) is 0 Å². The van der Waals surface area contributed by atoms with E-state index >= 15 is 0 Å². The fraction of sp³-hybridized carbons (Fsp3) is 0.467. The summed E-state index contributed by atoms with van der Waals surface area (Å²) in [4.78, 5) is 21.2. The summed E-state index contributed by atoms with van der Waals surface area (Å²) in [5, 5.41) is 25.4. The Kier molecular flexibility index (Phi) is 8.45. The second-order valence-corrected chi connectivity index (χ2v) is 5.00. The van der Waals surface area contributed by atoms with Crippen LogP contribution < -0.4 is 4.74 Å². The maximum absolute atomic E-state index is 10.6. The van der Waals surface area contributed by atoms with Crippen LogP contribution in [0.1, 0.15) is 33.2 Å². The molecule has 0 bridgehead atoms. The molecule has 3 N–H and O–H groups in total. The number of methoxy groups -OCH3 is 1. The van der Waals surface area contributed by atoms with E-state index in [9.17, 15) is 9.59 Å². The summed E-state index contributed by atoms with van der Waals surface area (Å²) in [6.45, 7) is 2.88. The molecule has 1 aromatic rings. The van der Waals surface area contributed by atoms with E-state index in [1.807, 2.05) is 6.92 Å². The molecule has 0 saturated heterocycles. The zero-order valence-corrected chi connectivity index (χ0v) is 12.5. The lowest BCUT2D eigenvalue weighted by atomic mass is 9.95. The average Bonchev–Trinajstić information content (AvgIpc) is 2.53. The molecule has 1 aromatic carbocycles. The molecule has 0 aromatic heterocycles. The smallest absolute Gasteiger partial charge is 0.153 e. The van der Waals surface area contributed by atoms with Crippen molar-refractivity contribution in [2.24, 2.45) is 5.41 Å². The number of rotatable bonds is 6. The van der Waals surface area contributed by atoms with Gasteiger partial charge in [-0.05, 0) is 24.6 Å². The van der Waals surface area contributed by atoms with Crippen molar-refractivity contribution >= 4 is 12.6 Å². The predicted octanol–water partition coefficient (Wildman–Crippen LogP) is 0.598. The number of aliphatic hydroxyl groups is 3. The Balaban J connectivity index is 0.000000433. The molecule has 1 rings (SSSR count). The third kappa shape index (κ3) is 5.63. The molecular weight excluding hydrogens is 276 g/mol. The molecule has 21 heavy (non-hydrogen) atoms. The van der Waals surface area contributed by atoms with Crippen LogP contribution in [0.25, 0.3) is 0 Å². The summed E-state index contributed by atoms with van der Waals surface area (Å²) in [7, 11) is 1.44. The number of benzene rings is 1. The molecule has 0 unspecified atom stereocenters. The summed E-state index contributed by atoms with van der Waals surface area (Å²) in [5.41, 5.74) is 0.971. The summed E-state index contributed by atoms with van der Waals surface area (Å²) in [6, 6.07) is 3.36. The van der Waals surface area contributed by atoms with Gasteiger partial charge in [-0.25, -0.2) is 0 Å². The van der Waals surface area contributed by atoms with Crippen LogP contribution in [-0.4, -0.2) is 54.8 Å². The van der Waals surface area contributed by atoms with Gasteiger partial charge >= 0.3 is 0 Å². The number of carbonyl (C=O) groups excluding carboxylic acids is 2. The van der Waals surface area contributed by atoms with Gasteiger partial charge in [-0.3, -0.25) is 9.59 Å². The second-order valence-electron chi connectivity index (χ2n) is 5.00. The van der Waals surface area contributed by atoms with E-state index in [1.54, 1.807) is 19.1 Å². The first-order chi connectivity index (χ1) is 9.91. The van der Waals surface area contributed by atoms with Crippen LogP contribution in [0, 0.1) is 12.3 Å². The highest BCUT2D eigenvalue weighted by molar-refractivity contribution is 5.88. The lowest BCUT2D eigenvalue weighted by molar-refractivity contribution is 0.0200. The quantitative estimate of drug-likeness (QED) is 0.664. The van der Waals surface area contributed by atoms with E-state index in [0.29, 0.717) is 29.4 Å². The maximum Gasteiger partial charge on any atom is 0.153 e. The molecule has 0 saturated carbocycles. The minimum absolute atomic E-state index is 0.181. The van der Waals surface area contributed by atoms with Gasteiger partial charge in [0.1, 0.15) is 5.75 Å². The van der Waals surface area contributed by atoms with E-state index in [4.69, 9.17) is 20.1 Å². The van der Waals surface area contributed by atoms with Gasteiger partial charge in [0.15, 0.2) is 12.6 Å². The van der Waals surface area contributed by atoms with Gasteiger partial charge in [0.05, 0.1) is 38.1 Å². The van der Waals surface area contributed by atoms with Crippen molar-refractivity contribution in [3.8, 4) is 5.75 Å². The number of aliphatic hydroxyl groups excluding tert-OH is 3. The molecule has 0 aliphatic heterocycles. The van der Waals surface area contributed by atoms with Gasteiger partial charge in [-0.1, -0.05) is 6.92 Å². The largest absolute Gasteiger partial charge is 0.495 e. The molecule has 6 nitrogen and oxygen atoms in total. The molecule has 0 amide bonds. The normalized spacial score (nSPS) is 10.4. The fourth-order valence-corrected chi connectivity index (χ4v) is 1.39. The summed E-state index contributed by atoms with van der Waals surface area (Å²) in [5.74, 6) is 0.343. The molecule has 0 fully saturated rings. The van der Waals surface area contributed by atoms with Crippen LogP contribution in [0.4, 0.5) is 0 Å². The third-order valence-corrected chi connectivity index (χ3v) is 2.89. The highest BCUT2D eigenvalue weighted by Crippen LogP contribution is 2.22. The van der Waals surface area contributed by atoms with Crippen LogP contribution in [0.3, 0.4) is 0 Å². The number of hydrogen-bond donors (Lipinski definition) is 3. The first kappa shape index (κ1) is 19.2. The predicted molar refractivity (Wildman–Crippen MR) is 77.9 cm³/mol. The number of hydrogen-bond acceptors (Lipinski definition) is 6. The van der Waals surface area contributed by atoms with Crippen molar-refractivity contribution < 1.29 is 29.6 Å². The Morgan fingerprint density at radius 2 is 1.43 bits per heavy atom. The number of carbonyl (C=O) groups is 2. The SMILES string of the molecule is CC(CO)(CO)CO.COc1c(C=O)cc(C)cc1C=O. The van der Waals surface area contributed by atoms with Gasteiger partial charge in [0, 0.05) is 5.41 Å². The lowest BCUT2D eigenvalue weighted by Gasteiger charge is -2.20. The molecule has 6 heteroatoms. The van der Waals surface area contributed by atoms with Crippen LogP contribution in [0.2, 0.25) is 0 Å². The minimum Gasteiger partial charge on any atom is -0.495 e. The molecule has 0 heterocycles. The fourth-order valence-electron chi connectivity index (χ4n) is 1.39. The first-order valence-electron chi connectivity index (χ1n) is 6.33. The van der Waals surface area contributed by atoms with Gasteiger partial charge < -0.3 is 20.1 Å². The van der Waals surface area contributed by atoms with Gasteiger partial charge in [0.2, 0.25) is 0 Å². The molecule has 0 aliphatic carbocycles. The topological polar surface area (TPSA) is 104 Å². The number of aldehydes is 2. The van der Waals surface area contributed by atoms with Crippen LogP contribution in [0.15, 0.2) is 12.1 Å². The van der Waals surface area contributed by atoms with Crippen molar-refractivity contribution in [3.05, 3.63) is 28.8 Å². The highest BCUT2D eigenvalue weighted by Gasteiger charge is 2.20. The Labute approximate surface area is 124 Å². The third-order valence-electron chi connectivity index (χ3n) is 2.89. The Morgan fingerprint density at radius 1 is 1.05 bits per heavy atom. The lowest BCUT2D eigenvalue weighted by Crippen LogP contribution is -2.29. The summed E-state index contributed by atoms with van der Waals surface area (Å²) in [6.07, 6.45) is 1.36. The van der Waals surface area contributed by atoms with Crippen molar-refractivity contribution in [1.82, 2.24) is 0 Å². The van der Waals surface area contributed by atoms with Crippen molar-refractivity contribution in [2.45, 2.75) is 13.8 Å². The van der Waals surface area contributed by atoms with Gasteiger partial charge in [0.25, 0.3) is 0 Å². The highest BCUT2D eigenvalue weighted by atomic mass is 16.5. The number of ether oxygens (including phenoxy) is 1. The second kappa shape index (κ2) is 9.23. The van der Waals surface area contributed by atoms with Crippen molar-refractivity contribution in [1.29, 1.82) is 0 Å². The van der Waals surface area contributed by atoms with Crippen LogP contribution >= 0.6 is 0 Å². The Hall–Kier alpha value is -1.76. The average molecular weight is 298 g/mol. The Bertz CT molecular complexity index is 428. The Morgan fingerprint density at radius 3 is 1.62 bits per heavy atom. The van der Waals surface area contributed by atoms with Gasteiger partial charge in [-0.15, -0.1) is 0 Å². The molecule has 0 aliphatic rings. The zero-order valence-electron chi connectivity index (χ0n) is 12.5. The van der Waals surface area contributed by atoms with E-state index < -0.39 is 5.41 Å². The molecule has 0 spiro atoms. The van der Waals surface area contributed by atoms with E-state index in [-0.39, 0.29) is 19.8 Å². The molecular formula is C15H22O6. The first-order valence-corrected chi connectivity index (χ1v) is 6.33. The summed E-state index contributed by atoms with van der Waals surface area (Å²) < 4.78 is 4.95. The standard InChI is InChI=1S/C10H10O3.C5H12O3/c1-7-3-8(5-11)10(13-2)9(4-7)6-12;1-5(2-6,3-7)4-8/h3-6H,1-2H3;6-8H,2-4H2,1H3. The van der Waals surface area contributed by atoms with E-state index in [1.165, 1.54) is 7.11 Å².